The van der Waals surface area contributed by atoms with Crippen LogP contribution >= 0.6 is 0 Å². The second-order valence-corrected chi connectivity index (χ2v) is 4.18. The molecule has 0 aliphatic heterocycles. The van der Waals surface area contributed by atoms with Gasteiger partial charge in [0.15, 0.2) is 5.60 Å². The third-order valence-corrected chi connectivity index (χ3v) is 3.50. The van der Waals surface area contributed by atoms with Crippen LogP contribution < -0.4 is 22.5 Å². The highest BCUT2D eigenvalue weighted by Crippen LogP contribution is 2.50. The number of hydrazine groups is 2. The van der Waals surface area contributed by atoms with Crippen molar-refractivity contribution in [1.82, 2.24) is 10.9 Å². The number of nitrogens with two attached hydrogens (primary N) is 2. The lowest BCUT2D eigenvalue weighted by Crippen LogP contribution is -2.60. The zero-order valence-corrected chi connectivity index (χ0v) is 8.51. The fraction of sp³-hybridized carbons (Fsp3) is 0.556. The molecule has 0 aromatic carbocycles. The number of aliphatic hydroxyl groups is 1. The predicted octanol–water partition coefficient (Wildman–Crippen LogP) is -2.48. The largest absolute Gasteiger partial charge is 0.378 e. The smallest absolute Gasteiger partial charge is 0.267 e. The molecular formula is C9H14N4O3. The second-order valence-electron chi connectivity index (χ2n) is 4.18. The molecule has 0 spiro atoms. The normalized spacial score (nSPS) is 39.8. The molecule has 0 heterocycles. The Balaban J connectivity index is 2.38. The van der Waals surface area contributed by atoms with Gasteiger partial charge in [-0.25, -0.2) is 11.7 Å². The molecule has 88 valence electrons. The van der Waals surface area contributed by atoms with Gasteiger partial charge in [-0.15, -0.1) is 0 Å². The summed E-state index contributed by atoms with van der Waals surface area (Å²) in [6, 6.07) is 0. The quantitative estimate of drug-likeness (QED) is 0.154. The van der Waals surface area contributed by atoms with Crippen LogP contribution in [-0.4, -0.2) is 22.5 Å². The number of hydrogen-bond acceptors (Lipinski definition) is 5. The third kappa shape index (κ3) is 1.19. The lowest BCUT2D eigenvalue weighted by atomic mass is 9.77. The van der Waals surface area contributed by atoms with Crippen molar-refractivity contribution in [2.75, 3.05) is 0 Å². The van der Waals surface area contributed by atoms with E-state index >= 15 is 0 Å². The number of nitrogens with one attached hydrogen (secondary N) is 2. The topological polar surface area (TPSA) is 130 Å². The Kier molecular flexibility index (Phi) is 2.45. The fourth-order valence-electron chi connectivity index (χ4n) is 2.77. The molecule has 1 saturated carbocycles. The Morgan fingerprint density at radius 1 is 1.31 bits per heavy atom. The minimum Gasteiger partial charge on any atom is -0.378 e. The molecule has 7 N–H and O–H groups in total. The van der Waals surface area contributed by atoms with Gasteiger partial charge in [0.05, 0.1) is 5.92 Å². The minimum atomic E-state index is -1.79. The van der Waals surface area contributed by atoms with E-state index in [4.69, 9.17) is 11.7 Å². The Bertz CT molecular complexity index is 370. The SMILES string of the molecule is NNC(=O)C1C2C=CC(C2)C1(O)C(=O)NN. The van der Waals surface area contributed by atoms with Gasteiger partial charge < -0.3 is 5.11 Å². The van der Waals surface area contributed by atoms with Gasteiger partial charge in [0.1, 0.15) is 0 Å². The summed E-state index contributed by atoms with van der Waals surface area (Å²) >= 11 is 0. The van der Waals surface area contributed by atoms with Crippen molar-refractivity contribution in [3.8, 4) is 0 Å². The molecule has 2 aliphatic carbocycles. The van der Waals surface area contributed by atoms with Gasteiger partial charge in [-0.2, -0.15) is 0 Å². The lowest BCUT2D eigenvalue weighted by Gasteiger charge is -2.33. The molecule has 4 atom stereocenters. The van der Waals surface area contributed by atoms with Gasteiger partial charge in [-0.3, -0.25) is 20.4 Å². The molecular weight excluding hydrogens is 212 g/mol. The van der Waals surface area contributed by atoms with Crippen LogP contribution in [0.3, 0.4) is 0 Å². The van der Waals surface area contributed by atoms with Crippen molar-refractivity contribution in [3.63, 3.8) is 0 Å². The number of fused-ring (bicyclic) bond motifs is 2. The zero-order chi connectivity index (χ0) is 11.9. The second kappa shape index (κ2) is 3.55. The van der Waals surface area contributed by atoms with Crippen LogP contribution in [0.2, 0.25) is 0 Å². The van der Waals surface area contributed by atoms with E-state index < -0.39 is 23.3 Å². The average molecular weight is 226 g/mol. The van der Waals surface area contributed by atoms with Gasteiger partial charge in [0.2, 0.25) is 5.91 Å². The molecule has 1 fully saturated rings. The molecule has 2 bridgehead atoms. The van der Waals surface area contributed by atoms with Crippen molar-refractivity contribution in [3.05, 3.63) is 12.2 Å². The number of carbonyl (C=O) groups is 2. The number of hydrogen-bond donors (Lipinski definition) is 5. The maximum Gasteiger partial charge on any atom is 0.267 e. The molecule has 0 saturated heterocycles. The van der Waals surface area contributed by atoms with Crippen molar-refractivity contribution in [2.45, 2.75) is 12.0 Å². The van der Waals surface area contributed by atoms with Crippen LogP contribution in [0, 0.1) is 17.8 Å². The first-order valence-corrected chi connectivity index (χ1v) is 4.98. The summed E-state index contributed by atoms with van der Waals surface area (Å²) in [5.74, 6) is 7.34. The molecule has 7 heteroatoms. The first kappa shape index (κ1) is 11.1. The Morgan fingerprint density at radius 3 is 2.56 bits per heavy atom. The first-order valence-electron chi connectivity index (χ1n) is 4.98. The van der Waals surface area contributed by atoms with Crippen LogP contribution in [0.15, 0.2) is 12.2 Å². The molecule has 16 heavy (non-hydrogen) atoms. The Labute approximate surface area is 91.8 Å². The van der Waals surface area contributed by atoms with Crippen molar-refractivity contribution < 1.29 is 14.7 Å². The summed E-state index contributed by atoms with van der Waals surface area (Å²) in [6.07, 6.45) is 4.12. The van der Waals surface area contributed by atoms with Crippen LogP contribution in [0.1, 0.15) is 6.42 Å². The van der Waals surface area contributed by atoms with E-state index in [-0.39, 0.29) is 11.8 Å². The fourth-order valence-corrected chi connectivity index (χ4v) is 2.77. The van der Waals surface area contributed by atoms with Crippen LogP contribution in [0.5, 0.6) is 0 Å². The van der Waals surface area contributed by atoms with E-state index in [2.05, 4.69) is 0 Å². The van der Waals surface area contributed by atoms with E-state index in [1.54, 1.807) is 6.08 Å². The van der Waals surface area contributed by atoms with Gasteiger partial charge in [-0.05, 0) is 12.3 Å². The number of carbonyl (C=O) groups excluding carboxylic acids is 2. The van der Waals surface area contributed by atoms with Crippen molar-refractivity contribution in [2.24, 2.45) is 29.4 Å². The lowest BCUT2D eigenvalue weighted by molar-refractivity contribution is -0.155. The monoisotopic (exact) mass is 226 g/mol. The average Bonchev–Trinajstić information content (AvgIpc) is 2.86. The third-order valence-electron chi connectivity index (χ3n) is 3.50. The van der Waals surface area contributed by atoms with Crippen molar-refractivity contribution >= 4 is 11.8 Å². The zero-order valence-electron chi connectivity index (χ0n) is 8.51. The van der Waals surface area contributed by atoms with Crippen LogP contribution in [0.4, 0.5) is 0 Å². The molecule has 0 aromatic heterocycles. The van der Waals surface area contributed by atoms with E-state index in [0.717, 1.165) is 0 Å². The van der Waals surface area contributed by atoms with Crippen LogP contribution in [0.25, 0.3) is 0 Å². The highest BCUT2D eigenvalue weighted by molar-refractivity contribution is 5.94. The summed E-state index contributed by atoms with van der Waals surface area (Å²) in [5.41, 5.74) is 2.08. The molecule has 7 nitrogen and oxygen atoms in total. The van der Waals surface area contributed by atoms with Gasteiger partial charge in [0, 0.05) is 5.92 Å². The molecule has 0 aromatic rings. The minimum absolute atomic E-state index is 0.171. The molecule has 4 unspecified atom stereocenters. The molecule has 2 amide bonds. The number of rotatable bonds is 2. The Hall–Kier alpha value is -1.44. The Morgan fingerprint density at radius 2 is 2.00 bits per heavy atom. The number of allylic oxidation sites excluding steroid dienone is 1. The molecule has 0 radical (unpaired) electrons. The van der Waals surface area contributed by atoms with E-state index in [1.165, 1.54) is 0 Å². The summed E-state index contributed by atoms with van der Waals surface area (Å²) in [4.78, 5) is 23.2. The van der Waals surface area contributed by atoms with E-state index in [9.17, 15) is 14.7 Å². The predicted molar refractivity (Wildman–Crippen MR) is 53.8 cm³/mol. The van der Waals surface area contributed by atoms with Crippen LogP contribution in [-0.2, 0) is 9.59 Å². The summed E-state index contributed by atoms with van der Waals surface area (Å²) in [7, 11) is 0. The summed E-state index contributed by atoms with van der Waals surface area (Å²) < 4.78 is 0. The van der Waals surface area contributed by atoms with E-state index in [1.807, 2.05) is 16.9 Å². The van der Waals surface area contributed by atoms with Crippen molar-refractivity contribution in [1.29, 1.82) is 0 Å². The molecule has 2 rings (SSSR count). The summed E-state index contributed by atoms with van der Waals surface area (Å²) in [5, 5.41) is 10.4. The van der Waals surface area contributed by atoms with Gasteiger partial charge in [-0.1, -0.05) is 12.2 Å². The number of amides is 2. The maximum absolute atomic E-state index is 11.6. The first-order chi connectivity index (χ1) is 7.55. The summed E-state index contributed by atoms with van der Waals surface area (Å²) in [6.45, 7) is 0. The molecule has 2 aliphatic rings. The van der Waals surface area contributed by atoms with Gasteiger partial charge >= 0.3 is 0 Å². The standard InChI is InChI=1S/C9H14N4O3/c10-12-7(14)6-4-1-2-5(3-4)9(6,16)8(15)13-11/h1-2,4-6,16H,3,10-11H2,(H,12,14)(H,13,15). The highest BCUT2D eigenvalue weighted by Gasteiger charge is 2.62. The van der Waals surface area contributed by atoms with E-state index in [0.29, 0.717) is 6.42 Å². The maximum atomic E-state index is 11.6. The highest BCUT2D eigenvalue weighted by atomic mass is 16.3. The van der Waals surface area contributed by atoms with Gasteiger partial charge in [0.25, 0.3) is 5.91 Å².